The number of halogens is 1. The molecule has 2 aliphatic heterocycles. The summed E-state index contributed by atoms with van der Waals surface area (Å²) in [5.74, 6) is 3.70. The highest BCUT2D eigenvalue weighted by Crippen LogP contribution is 2.31. The Morgan fingerprint density at radius 3 is 2.81 bits per heavy atom. The Bertz CT molecular complexity index is 640. The quantitative estimate of drug-likeness (QED) is 0.379. The standard InChI is InChI=1S/C19H33N7.HI/c1-3-20-19(22-16-13-25(12-14(16)2)15-8-9-15)21-11-18-24-23-17-7-5-4-6-10-26(17)18;/h14-16H,3-13H2,1-2H3,(H2,20,21,22);1H. The van der Waals surface area contributed by atoms with Gasteiger partial charge in [0.2, 0.25) is 0 Å². The van der Waals surface area contributed by atoms with Gasteiger partial charge in [-0.25, -0.2) is 4.99 Å². The van der Waals surface area contributed by atoms with Crippen LogP contribution in [0, 0.1) is 5.92 Å². The van der Waals surface area contributed by atoms with Crippen LogP contribution in [0.5, 0.6) is 0 Å². The Hall–Kier alpha value is -0.900. The highest BCUT2D eigenvalue weighted by atomic mass is 127. The Kier molecular flexibility index (Phi) is 7.35. The number of hydrogen-bond donors (Lipinski definition) is 2. The van der Waals surface area contributed by atoms with Gasteiger partial charge < -0.3 is 15.2 Å². The lowest BCUT2D eigenvalue weighted by molar-refractivity contribution is 0.315. The molecule has 2 fully saturated rings. The molecule has 4 rings (SSSR count). The van der Waals surface area contributed by atoms with Crippen LogP contribution in [0.4, 0.5) is 0 Å². The molecule has 2 unspecified atom stereocenters. The third kappa shape index (κ3) is 5.13. The Morgan fingerprint density at radius 2 is 2.04 bits per heavy atom. The van der Waals surface area contributed by atoms with Gasteiger partial charge in [0.05, 0.1) is 0 Å². The number of rotatable bonds is 5. The van der Waals surface area contributed by atoms with E-state index in [1.807, 2.05) is 0 Å². The smallest absolute Gasteiger partial charge is 0.191 e. The lowest BCUT2D eigenvalue weighted by Crippen LogP contribution is -2.46. The number of nitrogens with one attached hydrogen (secondary N) is 2. The summed E-state index contributed by atoms with van der Waals surface area (Å²) < 4.78 is 2.28. The maximum Gasteiger partial charge on any atom is 0.191 e. The summed E-state index contributed by atoms with van der Waals surface area (Å²) in [7, 11) is 0. The highest BCUT2D eigenvalue weighted by Gasteiger charge is 2.38. The normalized spacial score (nSPS) is 26.2. The minimum atomic E-state index is 0. The topological polar surface area (TPSA) is 70.4 Å². The summed E-state index contributed by atoms with van der Waals surface area (Å²) >= 11 is 0. The number of aryl methyl sites for hydroxylation is 1. The summed E-state index contributed by atoms with van der Waals surface area (Å²) in [6, 6.07) is 1.32. The maximum absolute atomic E-state index is 4.83. The first-order valence-electron chi connectivity index (χ1n) is 10.4. The van der Waals surface area contributed by atoms with Crippen LogP contribution in [-0.2, 0) is 19.5 Å². The molecule has 27 heavy (non-hydrogen) atoms. The molecule has 152 valence electrons. The Labute approximate surface area is 179 Å². The summed E-state index contributed by atoms with van der Waals surface area (Å²) in [4.78, 5) is 7.47. The van der Waals surface area contributed by atoms with E-state index in [1.165, 1.54) is 38.6 Å². The van der Waals surface area contributed by atoms with E-state index in [2.05, 4.69) is 44.1 Å². The molecule has 0 bridgehead atoms. The van der Waals surface area contributed by atoms with Gasteiger partial charge in [-0.15, -0.1) is 34.2 Å². The van der Waals surface area contributed by atoms with Crippen LogP contribution in [0.15, 0.2) is 4.99 Å². The average Bonchev–Trinajstić information content (AvgIpc) is 3.38. The van der Waals surface area contributed by atoms with Crippen molar-refractivity contribution in [2.75, 3.05) is 19.6 Å². The summed E-state index contributed by atoms with van der Waals surface area (Å²) in [6.07, 6.45) is 7.54. The summed E-state index contributed by atoms with van der Waals surface area (Å²) in [5.41, 5.74) is 0. The van der Waals surface area contributed by atoms with Crippen LogP contribution in [0.25, 0.3) is 0 Å². The van der Waals surface area contributed by atoms with Crippen molar-refractivity contribution in [1.82, 2.24) is 30.3 Å². The maximum atomic E-state index is 4.83. The number of likely N-dealkylation sites (tertiary alicyclic amines) is 1. The molecule has 2 N–H and O–H groups in total. The van der Waals surface area contributed by atoms with Gasteiger partial charge in [-0.3, -0.25) is 4.90 Å². The molecule has 0 aromatic carbocycles. The molecule has 1 aliphatic carbocycles. The minimum Gasteiger partial charge on any atom is -0.357 e. The number of aliphatic imine (C=N–C) groups is 1. The van der Waals surface area contributed by atoms with E-state index in [9.17, 15) is 0 Å². The molecular formula is C19H34IN7. The lowest BCUT2D eigenvalue weighted by Gasteiger charge is -2.20. The third-order valence-electron chi connectivity index (χ3n) is 5.93. The molecule has 7 nitrogen and oxygen atoms in total. The molecule has 1 aromatic rings. The fourth-order valence-electron chi connectivity index (χ4n) is 4.24. The van der Waals surface area contributed by atoms with Crippen LogP contribution < -0.4 is 10.6 Å². The fraction of sp³-hybridized carbons (Fsp3) is 0.842. The van der Waals surface area contributed by atoms with Gasteiger partial charge in [-0.05, 0) is 38.5 Å². The molecule has 1 aromatic heterocycles. The second-order valence-corrected chi connectivity index (χ2v) is 8.10. The van der Waals surface area contributed by atoms with Crippen molar-refractivity contribution in [2.24, 2.45) is 10.9 Å². The molecule has 2 atom stereocenters. The zero-order valence-corrected chi connectivity index (χ0v) is 19.0. The van der Waals surface area contributed by atoms with Crippen LogP contribution in [0.1, 0.15) is 57.6 Å². The van der Waals surface area contributed by atoms with Crippen LogP contribution in [0.3, 0.4) is 0 Å². The second kappa shape index (κ2) is 9.54. The number of guanidine groups is 1. The monoisotopic (exact) mass is 487 g/mol. The second-order valence-electron chi connectivity index (χ2n) is 8.10. The molecule has 3 aliphatic rings. The first kappa shape index (κ1) is 20.8. The van der Waals surface area contributed by atoms with Gasteiger partial charge in [-0.1, -0.05) is 13.3 Å². The van der Waals surface area contributed by atoms with Crippen LogP contribution in [0.2, 0.25) is 0 Å². The largest absolute Gasteiger partial charge is 0.357 e. The average molecular weight is 487 g/mol. The summed E-state index contributed by atoms with van der Waals surface area (Å²) in [5, 5.41) is 15.9. The van der Waals surface area contributed by atoms with Crippen LogP contribution in [-0.4, -0.2) is 57.3 Å². The van der Waals surface area contributed by atoms with Crippen molar-refractivity contribution < 1.29 is 0 Å². The molecular weight excluding hydrogens is 453 g/mol. The predicted octanol–water partition coefficient (Wildman–Crippen LogP) is 2.16. The zero-order chi connectivity index (χ0) is 17.9. The van der Waals surface area contributed by atoms with Crippen molar-refractivity contribution in [2.45, 2.75) is 77.5 Å². The Balaban J connectivity index is 0.00000210. The number of hydrogen-bond acceptors (Lipinski definition) is 4. The molecule has 1 saturated heterocycles. The SMILES string of the molecule is CCNC(=NCc1nnc2n1CCCCC2)NC1CN(C2CC2)CC1C.I. The molecule has 1 saturated carbocycles. The third-order valence-corrected chi connectivity index (χ3v) is 5.93. The molecule has 0 amide bonds. The van der Waals surface area contributed by atoms with Crippen molar-refractivity contribution in [3.05, 3.63) is 11.6 Å². The van der Waals surface area contributed by atoms with Crippen molar-refractivity contribution in [3.8, 4) is 0 Å². The number of nitrogens with zero attached hydrogens (tertiary/aromatic N) is 5. The van der Waals surface area contributed by atoms with Gasteiger partial charge in [-0.2, -0.15) is 0 Å². The van der Waals surface area contributed by atoms with E-state index >= 15 is 0 Å². The zero-order valence-electron chi connectivity index (χ0n) is 16.7. The Morgan fingerprint density at radius 1 is 1.19 bits per heavy atom. The van der Waals surface area contributed by atoms with Gasteiger partial charge in [0.25, 0.3) is 0 Å². The van der Waals surface area contributed by atoms with E-state index in [-0.39, 0.29) is 24.0 Å². The van der Waals surface area contributed by atoms with E-state index in [4.69, 9.17) is 4.99 Å². The molecule has 8 heteroatoms. The van der Waals surface area contributed by atoms with Gasteiger partial charge >= 0.3 is 0 Å². The van der Waals surface area contributed by atoms with Gasteiger partial charge in [0, 0.05) is 44.7 Å². The van der Waals surface area contributed by atoms with E-state index in [0.717, 1.165) is 49.7 Å². The van der Waals surface area contributed by atoms with Crippen molar-refractivity contribution in [1.29, 1.82) is 0 Å². The van der Waals surface area contributed by atoms with E-state index < -0.39 is 0 Å². The first-order valence-corrected chi connectivity index (χ1v) is 10.4. The van der Waals surface area contributed by atoms with E-state index in [0.29, 0.717) is 18.5 Å². The van der Waals surface area contributed by atoms with Crippen molar-refractivity contribution >= 4 is 29.9 Å². The molecule has 0 radical (unpaired) electrons. The van der Waals surface area contributed by atoms with Gasteiger partial charge in [0.15, 0.2) is 11.8 Å². The van der Waals surface area contributed by atoms with Gasteiger partial charge in [0.1, 0.15) is 12.4 Å². The first-order chi connectivity index (χ1) is 12.7. The molecule has 3 heterocycles. The number of fused-ring (bicyclic) bond motifs is 1. The predicted molar refractivity (Wildman–Crippen MR) is 118 cm³/mol. The fourth-order valence-corrected chi connectivity index (χ4v) is 4.24. The van der Waals surface area contributed by atoms with Crippen LogP contribution >= 0.6 is 24.0 Å². The molecule has 0 spiro atoms. The minimum absolute atomic E-state index is 0. The van der Waals surface area contributed by atoms with Crippen molar-refractivity contribution in [3.63, 3.8) is 0 Å². The lowest BCUT2D eigenvalue weighted by atomic mass is 10.1. The number of aromatic nitrogens is 3. The van der Waals surface area contributed by atoms with E-state index in [1.54, 1.807) is 0 Å². The highest BCUT2D eigenvalue weighted by molar-refractivity contribution is 14.0. The summed E-state index contributed by atoms with van der Waals surface area (Å²) in [6.45, 7) is 9.31.